The first-order valence-electron chi connectivity index (χ1n) is 8.02. The van der Waals surface area contributed by atoms with Gasteiger partial charge in [0.25, 0.3) is 0 Å². The minimum absolute atomic E-state index is 0.0556. The number of H-pyrrole nitrogens is 1. The summed E-state index contributed by atoms with van der Waals surface area (Å²) in [6.45, 7) is 2.05. The maximum absolute atomic E-state index is 10.1. The van der Waals surface area contributed by atoms with E-state index in [1.54, 1.807) is 0 Å². The summed E-state index contributed by atoms with van der Waals surface area (Å²) in [5.41, 5.74) is 3.37. The first-order valence-corrected chi connectivity index (χ1v) is 8.02. The fourth-order valence-electron chi connectivity index (χ4n) is 4.30. The molecule has 1 aromatic heterocycles. The predicted molar refractivity (Wildman–Crippen MR) is 86.7 cm³/mol. The summed E-state index contributed by atoms with van der Waals surface area (Å²) in [7, 11) is 0. The van der Waals surface area contributed by atoms with Gasteiger partial charge in [0.15, 0.2) is 0 Å². The van der Waals surface area contributed by atoms with Crippen LogP contribution in [-0.4, -0.2) is 46.4 Å². The normalized spacial score (nSPS) is 27.8. The number of aromatic nitrogens is 1. The van der Waals surface area contributed by atoms with Crippen molar-refractivity contribution in [1.82, 2.24) is 9.88 Å². The van der Waals surface area contributed by atoms with E-state index >= 15 is 0 Å². The fourth-order valence-corrected chi connectivity index (χ4v) is 4.30. The zero-order valence-electron chi connectivity index (χ0n) is 12.6. The van der Waals surface area contributed by atoms with Gasteiger partial charge in [-0.1, -0.05) is 30.4 Å². The van der Waals surface area contributed by atoms with Gasteiger partial charge in [0.1, 0.15) is 0 Å². The van der Waals surface area contributed by atoms with Crippen LogP contribution in [0.3, 0.4) is 0 Å². The standard InChI is InChI=1S/C18H22N2O2/c21-11-8-18(12-22)7-3-9-20-10-6-14-13-4-1-2-5-15(13)19-16(14)17(18)20/h1-5,7,17,19,21-22H,6,8-12H2/t17-,18+/m0/s1. The number of nitrogens with one attached hydrogen (secondary N) is 1. The molecule has 0 saturated carbocycles. The van der Waals surface area contributed by atoms with E-state index in [-0.39, 0.29) is 19.3 Å². The van der Waals surface area contributed by atoms with E-state index < -0.39 is 5.41 Å². The van der Waals surface area contributed by atoms with Crippen molar-refractivity contribution in [3.05, 3.63) is 47.7 Å². The Morgan fingerprint density at radius 2 is 2.14 bits per heavy atom. The van der Waals surface area contributed by atoms with Gasteiger partial charge in [-0.2, -0.15) is 0 Å². The molecule has 0 bridgehead atoms. The number of hydrogen-bond acceptors (Lipinski definition) is 3. The molecule has 22 heavy (non-hydrogen) atoms. The van der Waals surface area contributed by atoms with E-state index in [4.69, 9.17) is 0 Å². The Morgan fingerprint density at radius 1 is 1.27 bits per heavy atom. The molecular formula is C18H22N2O2. The molecule has 0 radical (unpaired) electrons. The maximum Gasteiger partial charge on any atom is 0.0619 e. The van der Waals surface area contributed by atoms with Crippen molar-refractivity contribution in [3.8, 4) is 0 Å². The van der Waals surface area contributed by atoms with Crippen LogP contribution in [0.5, 0.6) is 0 Å². The molecular weight excluding hydrogens is 276 g/mol. The second-order valence-corrected chi connectivity index (χ2v) is 6.48. The van der Waals surface area contributed by atoms with Crippen LogP contribution in [0.4, 0.5) is 0 Å². The van der Waals surface area contributed by atoms with Crippen LogP contribution in [0.2, 0.25) is 0 Å². The number of fused-ring (bicyclic) bond motifs is 5. The number of aliphatic hydroxyl groups excluding tert-OH is 2. The van der Waals surface area contributed by atoms with Crippen LogP contribution in [0, 0.1) is 5.41 Å². The van der Waals surface area contributed by atoms with Crippen molar-refractivity contribution in [3.63, 3.8) is 0 Å². The Bertz CT molecular complexity index is 721. The quantitative estimate of drug-likeness (QED) is 0.760. The van der Waals surface area contributed by atoms with Gasteiger partial charge < -0.3 is 15.2 Å². The Kier molecular flexibility index (Phi) is 3.33. The van der Waals surface area contributed by atoms with Crippen molar-refractivity contribution in [2.24, 2.45) is 5.41 Å². The maximum atomic E-state index is 10.1. The third kappa shape index (κ3) is 1.88. The lowest BCUT2D eigenvalue weighted by Gasteiger charge is -2.48. The van der Waals surface area contributed by atoms with E-state index in [2.05, 4.69) is 46.3 Å². The smallest absolute Gasteiger partial charge is 0.0619 e. The summed E-state index contributed by atoms with van der Waals surface area (Å²) in [5.74, 6) is 0. The summed E-state index contributed by atoms with van der Waals surface area (Å²) in [6, 6.07) is 8.53. The number of hydrogen-bond donors (Lipinski definition) is 3. The summed E-state index contributed by atoms with van der Waals surface area (Å²) < 4.78 is 0. The van der Waals surface area contributed by atoms with Crippen molar-refractivity contribution in [2.45, 2.75) is 18.9 Å². The molecule has 116 valence electrons. The van der Waals surface area contributed by atoms with E-state index in [0.29, 0.717) is 6.42 Å². The van der Waals surface area contributed by atoms with Gasteiger partial charge in [-0.05, 0) is 24.5 Å². The summed E-state index contributed by atoms with van der Waals surface area (Å²) in [6.07, 6.45) is 5.86. The Morgan fingerprint density at radius 3 is 2.95 bits per heavy atom. The third-order valence-electron chi connectivity index (χ3n) is 5.34. The number of benzene rings is 1. The lowest BCUT2D eigenvalue weighted by molar-refractivity contribution is 0.0163. The van der Waals surface area contributed by atoms with Gasteiger partial charge in [-0.15, -0.1) is 0 Å². The molecule has 4 rings (SSSR count). The molecule has 0 fully saturated rings. The average molecular weight is 298 g/mol. The van der Waals surface area contributed by atoms with Crippen molar-refractivity contribution >= 4 is 10.9 Å². The number of rotatable bonds is 3. The number of para-hydroxylation sites is 1. The second-order valence-electron chi connectivity index (χ2n) is 6.48. The predicted octanol–water partition coefficient (Wildman–Crippen LogP) is 2.00. The van der Waals surface area contributed by atoms with Crippen LogP contribution in [0.15, 0.2) is 36.4 Å². The summed E-state index contributed by atoms with van der Waals surface area (Å²) in [5, 5.41) is 20.9. The molecule has 0 aliphatic carbocycles. The molecule has 0 saturated heterocycles. The molecule has 2 atom stereocenters. The van der Waals surface area contributed by atoms with E-state index in [1.807, 2.05) is 0 Å². The van der Waals surface area contributed by atoms with Crippen LogP contribution in [-0.2, 0) is 6.42 Å². The molecule has 0 unspecified atom stereocenters. The van der Waals surface area contributed by atoms with Gasteiger partial charge in [-0.3, -0.25) is 4.90 Å². The summed E-state index contributed by atoms with van der Waals surface area (Å²) >= 11 is 0. The Balaban J connectivity index is 1.90. The Labute approximate surface area is 130 Å². The molecule has 4 heteroatoms. The molecule has 2 aliphatic rings. The van der Waals surface area contributed by atoms with Crippen molar-refractivity contribution < 1.29 is 10.2 Å². The first kappa shape index (κ1) is 14.0. The molecule has 1 aromatic carbocycles. The highest BCUT2D eigenvalue weighted by molar-refractivity contribution is 5.85. The molecule has 0 spiro atoms. The van der Waals surface area contributed by atoms with Crippen LogP contribution < -0.4 is 0 Å². The van der Waals surface area contributed by atoms with Crippen LogP contribution in [0.1, 0.15) is 23.7 Å². The molecule has 2 aliphatic heterocycles. The lowest BCUT2D eigenvalue weighted by atomic mass is 9.71. The van der Waals surface area contributed by atoms with Gasteiger partial charge in [0, 0.05) is 41.7 Å². The van der Waals surface area contributed by atoms with Crippen molar-refractivity contribution in [2.75, 3.05) is 26.3 Å². The minimum Gasteiger partial charge on any atom is -0.396 e. The van der Waals surface area contributed by atoms with Gasteiger partial charge in [0.2, 0.25) is 0 Å². The molecule has 3 heterocycles. The second kappa shape index (κ2) is 5.23. The van der Waals surface area contributed by atoms with Crippen LogP contribution >= 0.6 is 0 Å². The molecule has 3 N–H and O–H groups in total. The minimum atomic E-state index is -0.400. The van der Waals surface area contributed by atoms with E-state index in [1.165, 1.54) is 22.2 Å². The number of nitrogens with zero attached hydrogens (tertiary/aromatic N) is 1. The molecule has 0 amide bonds. The van der Waals surface area contributed by atoms with Gasteiger partial charge >= 0.3 is 0 Å². The number of aromatic amines is 1. The fraction of sp³-hybridized carbons (Fsp3) is 0.444. The highest BCUT2D eigenvalue weighted by atomic mass is 16.3. The Hall–Kier alpha value is -1.62. The number of aliphatic hydroxyl groups is 2. The van der Waals surface area contributed by atoms with E-state index in [0.717, 1.165) is 19.5 Å². The van der Waals surface area contributed by atoms with Gasteiger partial charge in [-0.25, -0.2) is 0 Å². The highest BCUT2D eigenvalue weighted by Crippen LogP contribution is 2.48. The lowest BCUT2D eigenvalue weighted by Crippen LogP contribution is -2.49. The first-order chi connectivity index (χ1) is 10.8. The zero-order chi connectivity index (χ0) is 15.2. The highest BCUT2D eigenvalue weighted by Gasteiger charge is 2.45. The third-order valence-corrected chi connectivity index (χ3v) is 5.34. The largest absolute Gasteiger partial charge is 0.396 e. The topological polar surface area (TPSA) is 59.5 Å². The zero-order valence-corrected chi connectivity index (χ0v) is 12.6. The van der Waals surface area contributed by atoms with Crippen LogP contribution in [0.25, 0.3) is 10.9 Å². The monoisotopic (exact) mass is 298 g/mol. The van der Waals surface area contributed by atoms with Crippen molar-refractivity contribution in [1.29, 1.82) is 0 Å². The SMILES string of the molecule is OCC[C@@]1(CO)C=CCN2CCc3c([nH]c4ccccc34)[C@H]21. The summed E-state index contributed by atoms with van der Waals surface area (Å²) in [4.78, 5) is 6.01. The van der Waals surface area contributed by atoms with Gasteiger partial charge in [0.05, 0.1) is 12.6 Å². The average Bonchev–Trinajstić information content (AvgIpc) is 2.93. The molecule has 4 nitrogen and oxygen atoms in total. The molecule has 2 aromatic rings. The van der Waals surface area contributed by atoms with E-state index in [9.17, 15) is 10.2 Å².